The molecule has 0 saturated carbocycles. The van der Waals surface area contributed by atoms with Crippen molar-refractivity contribution in [2.24, 2.45) is 11.7 Å². The summed E-state index contributed by atoms with van der Waals surface area (Å²) in [7, 11) is -3.05. The molecule has 0 bridgehead atoms. The Morgan fingerprint density at radius 1 is 1.33 bits per heavy atom. The van der Waals surface area contributed by atoms with Crippen LogP contribution in [0.4, 0.5) is 0 Å². The number of Topliss-reactive ketones (excluding diaryl/α,β-unsaturated/α-hetero) is 1. The molecule has 1 unspecified atom stereocenters. The molecule has 5 heteroatoms. The molecule has 0 radical (unpaired) electrons. The van der Waals surface area contributed by atoms with Crippen LogP contribution < -0.4 is 5.73 Å². The topological polar surface area (TPSA) is 77.2 Å². The van der Waals surface area contributed by atoms with E-state index in [4.69, 9.17) is 5.73 Å². The van der Waals surface area contributed by atoms with Gasteiger partial charge in [0.05, 0.1) is 11.8 Å². The molecule has 0 aliphatic carbocycles. The van der Waals surface area contributed by atoms with Crippen LogP contribution in [0, 0.1) is 5.92 Å². The van der Waals surface area contributed by atoms with Crippen molar-refractivity contribution >= 4 is 15.6 Å². The Kier molecular flexibility index (Phi) is 6.05. The minimum atomic E-state index is -3.05. The molecule has 90 valence electrons. The Morgan fingerprint density at radius 3 is 2.27 bits per heavy atom. The fourth-order valence-electron chi connectivity index (χ4n) is 1.23. The molecule has 0 rings (SSSR count). The van der Waals surface area contributed by atoms with Gasteiger partial charge in [0.2, 0.25) is 0 Å². The largest absolute Gasteiger partial charge is 0.322 e. The maximum absolute atomic E-state index is 11.5. The molecule has 0 fully saturated rings. The monoisotopic (exact) mass is 235 g/mol. The fraction of sp³-hybridized carbons (Fsp3) is 0.900. The lowest BCUT2D eigenvalue weighted by Crippen LogP contribution is -2.33. The van der Waals surface area contributed by atoms with Crippen molar-refractivity contribution in [2.45, 2.75) is 39.7 Å². The van der Waals surface area contributed by atoms with Crippen LogP contribution in [0.25, 0.3) is 0 Å². The molecule has 0 spiro atoms. The molecular weight excluding hydrogens is 214 g/mol. The van der Waals surface area contributed by atoms with E-state index in [1.807, 2.05) is 13.8 Å². The standard InChI is InChI=1S/C10H21NO3S/c1-4-15(13,14)6-5-10(12)9(11)7-8(2)3/h8-9H,4-7,11H2,1-3H3. The molecule has 2 N–H and O–H groups in total. The van der Waals surface area contributed by atoms with E-state index in [0.717, 1.165) is 0 Å². The van der Waals surface area contributed by atoms with Crippen LogP contribution in [0.2, 0.25) is 0 Å². The van der Waals surface area contributed by atoms with Gasteiger partial charge in [0.15, 0.2) is 5.78 Å². The summed E-state index contributed by atoms with van der Waals surface area (Å²) in [6.45, 7) is 5.54. The van der Waals surface area contributed by atoms with Gasteiger partial charge >= 0.3 is 0 Å². The Hall–Kier alpha value is -0.420. The number of carbonyl (C=O) groups excluding carboxylic acids is 1. The SMILES string of the molecule is CCS(=O)(=O)CCC(=O)C(N)CC(C)C. The molecule has 0 aromatic carbocycles. The van der Waals surface area contributed by atoms with Crippen LogP contribution in [0.15, 0.2) is 0 Å². The third kappa shape index (κ3) is 6.62. The number of hydrogen-bond donors (Lipinski definition) is 1. The van der Waals surface area contributed by atoms with Crippen molar-refractivity contribution in [1.29, 1.82) is 0 Å². The highest BCUT2D eigenvalue weighted by molar-refractivity contribution is 7.91. The van der Waals surface area contributed by atoms with E-state index >= 15 is 0 Å². The zero-order chi connectivity index (χ0) is 12.1. The van der Waals surface area contributed by atoms with Gasteiger partial charge in [-0.05, 0) is 12.3 Å². The predicted molar refractivity (Wildman–Crippen MR) is 61.4 cm³/mol. The van der Waals surface area contributed by atoms with Crippen LogP contribution in [-0.4, -0.2) is 31.7 Å². The summed E-state index contributed by atoms with van der Waals surface area (Å²) >= 11 is 0. The Bertz CT molecular complexity index is 296. The van der Waals surface area contributed by atoms with Crippen LogP contribution in [-0.2, 0) is 14.6 Å². The number of nitrogens with two attached hydrogens (primary N) is 1. The van der Waals surface area contributed by atoms with Gasteiger partial charge in [0.1, 0.15) is 9.84 Å². The highest BCUT2D eigenvalue weighted by Gasteiger charge is 2.17. The summed E-state index contributed by atoms with van der Waals surface area (Å²) in [4.78, 5) is 11.5. The summed E-state index contributed by atoms with van der Waals surface area (Å²) in [5.74, 6) is 0.209. The van der Waals surface area contributed by atoms with Gasteiger partial charge in [0.25, 0.3) is 0 Å². The molecule has 0 amide bonds. The zero-order valence-electron chi connectivity index (χ0n) is 9.69. The van der Waals surface area contributed by atoms with Crippen molar-refractivity contribution in [3.8, 4) is 0 Å². The third-order valence-corrected chi connectivity index (χ3v) is 3.94. The second-order valence-corrected chi connectivity index (χ2v) is 6.66. The number of sulfone groups is 1. The van der Waals surface area contributed by atoms with Gasteiger partial charge < -0.3 is 5.73 Å². The highest BCUT2D eigenvalue weighted by atomic mass is 32.2. The van der Waals surface area contributed by atoms with E-state index in [1.54, 1.807) is 6.92 Å². The second kappa shape index (κ2) is 6.23. The van der Waals surface area contributed by atoms with E-state index in [2.05, 4.69) is 0 Å². The van der Waals surface area contributed by atoms with Crippen LogP contribution >= 0.6 is 0 Å². The van der Waals surface area contributed by atoms with Gasteiger partial charge in [-0.2, -0.15) is 0 Å². The maximum Gasteiger partial charge on any atom is 0.150 e. The van der Waals surface area contributed by atoms with Gasteiger partial charge in [-0.1, -0.05) is 20.8 Å². The van der Waals surface area contributed by atoms with Crippen molar-refractivity contribution < 1.29 is 13.2 Å². The van der Waals surface area contributed by atoms with E-state index in [0.29, 0.717) is 12.3 Å². The second-order valence-electron chi connectivity index (χ2n) is 4.19. The quantitative estimate of drug-likeness (QED) is 0.706. The van der Waals surface area contributed by atoms with E-state index in [9.17, 15) is 13.2 Å². The summed E-state index contributed by atoms with van der Waals surface area (Å²) in [5, 5.41) is 0. The summed E-state index contributed by atoms with van der Waals surface area (Å²) in [5.41, 5.74) is 5.64. The van der Waals surface area contributed by atoms with Crippen molar-refractivity contribution in [2.75, 3.05) is 11.5 Å². The van der Waals surface area contributed by atoms with E-state index in [-0.39, 0.29) is 23.7 Å². The Balaban J connectivity index is 4.05. The number of ketones is 1. The summed E-state index contributed by atoms with van der Waals surface area (Å²) < 4.78 is 22.3. The zero-order valence-corrected chi connectivity index (χ0v) is 10.5. The van der Waals surface area contributed by atoms with Crippen molar-refractivity contribution in [3.63, 3.8) is 0 Å². The fourth-order valence-corrected chi connectivity index (χ4v) is 2.03. The molecule has 4 nitrogen and oxygen atoms in total. The molecule has 0 saturated heterocycles. The third-order valence-electron chi connectivity index (χ3n) is 2.24. The first-order valence-electron chi connectivity index (χ1n) is 5.27. The lowest BCUT2D eigenvalue weighted by atomic mass is 10.0. The van der Waals surface area contributed by atoms with Crippen molar-refractivity contribution in [1.82, 2.24) is 0 Å². The van der Waals surface area contributed by atoms with Crippen LogP contribution in [0.3, 0.4) is 0 Å². The first-order valence-corrected chi connectivity index (χ1v) is 7.09. The molecule has 0 heterocycles. The molecule has 0 aliphatic rings. The lowest BCUT2D eigenvalue weighted by molar-refractivity contribution is -0.120. The molecule has 0 aromatic heterocycles. The first-order chi connectivity index (χ1) is 6.78. The Labute approximate surface area is 92.2 Å². The average Bonchev–Trinajstić information content (AvgIpc) is 2.13. The average molecular weight is 235 g/mol. The van der Waals surface area contributed by atoms with E-state index < -0.39 is 15.9 Å². The minimum Gasteiger partial charge on any atom is -0.322 e. The maximum atomic E-state index is 11.5. The molecule has 1 atom stereocenters. The van der Waals surface area contributed by atoms with Gasteiger partial charge in [0, 0.05) is 12.2 Å². The molecular formula is C10H21NO3S. The summed E-state index contributed by atoms with van der Waals surface area (Å²) in [6, 6.07) is -0.517. The highest BCUT2D eigenvalue weighted by Crippen LogP contribution is 2.06. The smallest absolute Gasteiger partial charge is 0.150 e. The van der Waals surface area contributed by atoms with Crippen LogP contribution in [0.5, 0.6) is 0 Å². The van der Waals surface area contributed by atoms with Gasteiger partial charge in [-0.25, -0.2) is 8.42 Å². The lowest BCUT2D eigenvalue weighted by Gasteiger charge is -2.12. The minimum absolute atomic E-state index is 0.0457. The predicted octanol–water partition coefficient (Wildman–Crippen LogP) is 0.754. The molecule has 0 aliphatic heterocycles. The van der Waals surface area contributed by atoms with Gasteiger partial charge in [-0.3, -0.25) is 4.79 Å². The summed E-state index contributed by atoms with van der Waals surface area (Å²) in [6.07, 6.45) is 0.662. The van der Waals surface area contributed by atoms with Gasteiger partial charge in [-0.15, -0.1) is 0 Å². The van der Waals surface area contributed by atoms with Crippen LogP contribution in [0.1, 0.15) is 33.6 Å². The number of hydrogen-bond acceptors (Lipinski definition) is 4. The molecule has 15 heavy (non-hydrogen) atoms. The normalized spacial score (nSPS) is 14.2. The van der Waals surface area contributed by atoms with Crippen molar-refractivity contribution in [3.05, 3.63) is 0 Å². The first kappa shape index (κ1) is 14.6. The number of carbonyl (C=O) groups is 1. The van der Waals surface area contributed by atoms with E-state index in [1.165, 1.54) is 0 Å². The molecule has 0 aromatic rings. The Morgan fingerprint density at radius 2 is 1.87 bits per heavy atom. The number of rotatable bonds is 7.